The van der Waals surface area contributed by atoms with E-state index < -0.39 is 0 Å². The van der Waals surface area contributed by atoms with Gasteiger partial charge in [0.05, 0.1) is 33.1 Å². The van der Waals surface area contributed by atoms with Crippen molar-refractivity contribution in [2.75, 3.05) is 0 Å². The van der Waals surface area contributed by atoms with E-state index in [9.17, 15) is 0 Å². The first-order valence-corrected chi connectivity index (χ1v) is 15.7. The van der Waals surface area contributed by atoms with Gasteiger partial charge >= 0.3 is 0 Å². The molecule has 0 radical (unpaired) electrons. The quantitative estimate of drug-likeness (QED) is 0.203. The molecule has 11 aromatic rings. The highest BCUT2D eigenvalue weighted by molar-refractivity contribution is 6.36. The number of fused-ring (bicyclic) bond motifs is 13. The molecule has 7 aromatic carbocycles. The highest BCUT2D eigenvalue weighted by atomic mass is 15.1. The summed E-state index contributed by atoms with van der Waals surface area (Å²) in [5.74, 6) is 1.61. The number of aromatic nitrogens is 4. The predicted molar refractivity (Wildman–Crippen MR) is 191 cm³/mol. The number of hydrogen-bond acceptors (Lipinski definition) is 2. The maximum Gasteiger partial charge on any atom is 0.162 e. The topological polar surface area (TPSA) is 35.1 Å². The van der Waals surface area contributed by atoms with Crippen LogP contribution in [0.2, 0.25) is 0 Å². The van der Waals surface area contributed by atoms with Gasteiger partial charge in [-0.25, -0.2) is 9.97 Å². The summed E-state index contributed by atoms with van der Waals surface area (Å²) in [5, 5.41) is 11.0. The number of rotatable bonds is 2. The molecule has 11 rings (SSSR count). The van der Waals surface area contributed by atoms with Gasteiger partial charge in [0.25, 0.3) is 0 Å². The lowest BCUT2D eigenvalue weighted by Crippen LogP contribution is -2.02. The lowest BCUT2D eigenvalue weighted by Gasteiger charge is -2.13. The van der Waals surface area contributed by atoms with Crippen molar-refractivity contribution in [3.8, 4) is 17.2 Å². The molecule has 0 saturated carbocycles. The SMILES string of the molecule is c1ccc(-c2nc(-n3c4ccccc4c4cc5c6ccccc6n6c7c8ccccc8ccc7c(c43)c56)c3ccccc3n2)cc1. The van der Waals surface area contributed by atoms with Gasteiger partial charge in [-0.1, -0.05) is 115 Å². The van der Waals surface area contributed by atoms with E-state index in [1.807, 2.05) is 18.2 Å². The minimum Gasteiger partial charge on any atom is -0.307 e. The third kappa shape index (κ3) is 2.98. The van der Waals surface area contributed by atoms with Crippen molar-refractivity contribution < 1.29 is 0 Å². The first-order valence-electron chi connectivity index (χ1n) is 15.7. The maximum absolute atomic E-state index is 5.38. The van der Waals surface area contributed by atoms with Crippen LogP contribution in [0, 0.1) is 0 Å². The molecule has 0 saturated heterocycles. The number of benzene rings is 7. The first-order chi connectivity index (χ1) is 22.8. The van der Waals surface area contributed by atoms with Crippen LogP contribution in [0.15, 0.2) is 146 Å². The van der Waals surface area contributed by atoms with Crippen molar-refractivity contribution in [2.45, 2.75) is 0 Å². The van der Waals surface area contributed by atoms with Crippen LogP contribution < -0.4 is 0 Å². The molecular weight excluding hydrogens is 560 g/mol. The smallest absolute Gasteiger partial charge is 0.162 e. The Morgan fingerprint density at radius 3 is 1.91 bits per heavy atom. The molecule has 4 nitrogen and oxygen atoms in total. The lowest BCUT2D eigenvalue weighted by molar-refractivity contribution is 1.08. The van der Waals surface area contributed by atoms with Gasteiger partial charge < -0.3 is 4.40 Å². The van der Waals surface area contributed by atoms with E-state index in [0.717, 1.165) is 33.6 Å². The number of nitrogens with zero attached hydrogens (tertiary/aromatic N) is 4. The zero-order chi connectivity index (χ0) is 29.9. The molecule has 212 valence electrons. The Bertz CT molecular complexity index is 3020. The van der Waals surface area contributed by atoms with Gasteiger partial charge in [-0.15, -0.1) is 0 Å². The summed E-state index contributed by atoms with van der Waals surface area (Å²) in [4.78, 5) is 10.4. The Hall–Kier alpha value is -6.26. The zero-order valence-corrected chi connectivity index (χ0v) is 24.6. The fourth-order valence-corrected chi connectivity index (χ4v) is 7.92. The monoisotopic (exact) mass is 584 g/mol. The molecule has 4 aromatic heterocycles. The molecule has 0 atom stereocenters. The standard InChI is InChI=1S/C42H24N4/c1-2-13-26(14-3-1)41-43-34-19-9-6-18-30(34)42(44-41)46-36-21-11-8-17-29(36)33-24-32-28-16-7-10-20-35(28)45-38-27-15-5-4-12-25(27)22-23-31(38)37(39(32)45)40(33)46/h1-24H. The van der Waals surface area contributed by atoms with Crippen LogP contribution in [0.25, 0.3) is 98.8 Å². The van der Waals surface area contributed by atoms with Gasteiger partial charge in [0, 0.05) is 48.7 Å². The minimum absolute atomic E-state index is 0.721. The molecule has 0 unspecified atom stereocenters. The van der Waals surface area contributed by atoms with E-state index in [1.54, 1.807) is 0 Å². The van der Waals surface area contributed by atoms with E-state index in [2.05, 4.69) is 136 Å². The maximum atomic E-state index is 5.38. The largest absolute Gasteiger partial charge is 0.307 e. The van der Waals surface area contributed by atoms with Crippen LogP contribution in [-0.4, -0.2) is 18.9 Å². The lowest BCUT2D eigenvalue weighted by atomic mass is 10.0. The molecular formula is C42H24N4. The molecule has 46 heavy (non-hydrogen) atoms. The van der Waals surface area contributed by atoms with Crippen molar-refractivity contribution in [1.29, 1.82) is 0 Å². The summed E-state index contributed by atoms with van der Waals surface area (Å²) in [5.41, 5.74) is 7.97. The summed E-state index contributed by atoms with van der Waals surface area (Å²) < 4.78 is 4.91. The number of hydrogen-bond donors (Lipinski definition) is 0. The van der Waals surface area contributed by atoms with E-state index in [1.165, 1.54) is 65.2 Å². The second kappa shape index (κ2) is 8.68. The molecule has 0 spiro atoms. The third-order valence-corrected chi connectivity index (χ3v) is 9.81. The van der Waals surface area contributed by atoms with E-state index in [4.69, 9.17) is 9.97 Å². The van der Waals surface area contributed by atoms with Gasteiger partial charge in [-0.3, -0.25) is 4.57 Å². The van der Waals surface area contributed by atoms with Crippen molar-refractivity contribution in [3.63, 3.8) is 0 Å². The van der Waals surface area contributed by atoms with Crippen molar-refractivity contribution in [1.82, 2.24) is 18.9 Å². The van der Waals surface area contributed by atoms with E-state index in [-0.39, 0.29) is 0 Å². The van der Waals surface area contributed by atoms with Gasteiger partial charge in [0.2, 0.25) is 0 Å². The Labute approximate surface area is 262 Å². The van der Waals surface area contributed by atoms with Crippen LogP contribution in [0.5, 0.6) is 0 Å². The molecule has 4 heteroatoms. The molecule has 0 N–H and O–H groups in total. The average Bonchev–Trinajstić information content (AvgIpc) is 3.76. The second-order valence-corrected chi connectivity index (χ2v) is 12.2. The Morgan fingerprint density at radius 1 is 0.413 bits per heavy atom. The normalized spacial score (nSPS) is 12.3. The van der Waals surface area contributed by atoms with Crippen molar-refractivity contribution in [2.24, 2.45) is 0 Å². The highest BCUT2D eigenvalue weighted by Gasteiger charge is 2.26. The summed E-state index contributed by atoms with van der Waals surface area (Å²) in [6, 6.07) is 52.1. The summed E-state index contributed by atoms with van der Waals surface area (Å²) >= 11 is 0. The molecule has 0 aliphatic heterocycles. The van der Waals surface area contributed by atoms with Crippen LogP contribution in [0.3, 0.4) is 0 Å². The fourth-order valence-electron chi connectivity index (χ4n) is 7.92. The van der Waals surface area contributed by atoms with Gasteiger partial charge in [0.15, 0.2) is 5.82 Å². The molecule has 0 aliphatic carbocycles. The minimum atomic E-state index is 0.721. The molecule has 0 amide bonds. The van der Waals surface area contributed by atoms with Crippen molar-refractivity contribution >= 4 is 81.6 Å². The highest BCUT2D eigenvalue weighted by Crippen LogP contribution is 2.48. The Balaban J connectivity index is 1.44. The number of para-hydroxylation sites is 3. The Morgan fingerprint density at radius 2 is 1.07 bits per heavy atom. The van der Waals surface area contributed by atoms with Crippen LogP contribution >= 0.6 is 0 Å². The second-order valence-electron chi connectivity index (χ2n) is 12.2. The molecule has 0 aliphatic rings. The predicted octanol–water partition coefficient (Wildman–Crippen LogP) is 10.7. The summed E-state index contributed by atoms with van der Waals surface area (Å²) in [6.45, 7) is 0. The Kier molecular flexibility index (Phi) is 4.55. The van der Waals surface area contributed by atoms with E-state index in [0.29, 0.717) is 0 Å². The first kappa shape index (κ1) is 24.1. The van der Waals surface area contributed by atoms with Crippen LogP contribution in [-0.2, 0) is 0 Å². The third-order valence-electron chi connectivity index (χ3n) is 9.81. The molecule has 4 heterocycles. The molecule has 0 fully saturated rings. The van der Waals surface area contributed by atoms with Gasteiger partial charge in [-0.05, 0) is 35.7 Å². The molecule has 0 bridgehead atoms. The van der Waals surface area contributed by atoms with E-state index >= 15 is 0 Å². The van der Waals surface area contributed by atoms with Gasteiger partial charge in [-0.2, -0.15) is 0 Å². The van der Waals surface area contributed by atoms with Crippen LogP contribution in [0.4, 0.5) is 0 Å². The van der Waals surface area contributed by atoms with Crippen molar-refractivity contribution in [3.05, 3.63) is 146 Å². The average molecular weight is 585 g/mol. The zero-order valence-electron chi connectivity index (χ0n) is 24.6. The van der Waals surface area contributed by atoms with Gasteiger partial charge in [0.1, 0.15) is 5.82 Å². The van der Waals surface area contributed by atoms with Crippen LogP contribution in [0.1, 0.15) is 0 Å². The fraction of sp³-hybridized carbons (Fsp3) is 0. The summed E-state index contributed by atoms with van der Waals surface area (Å²) in [6.07, 6.45) is 0. The summed E-state index contributed by atoms with van der Waals surface area (Å²) in [7, 11) is 0.